The minimum Gasteiger partial charge on any atom is -0.377 e. The highest BCUT2D eigenvalue weighted by Gasteiger charge is 2.46. The first kappa shape index (κ1) is 15.3. The summed E-state index contributed by atoms with van der Waals surface area (Å²) < 4.78 is 23.9. The number of amides is 1. The molecule has 1 aliphatic rings. The molecule has 1 aliphatic heterocycles. The van der Waals surface area contributed by atoms with E-state index < -0.39 is 11.6 Å². The Morgan fingerprint density at radius 3 is 3.23 bits per heavy atom. The number of carbonyl (C=O) groups is 1. The van der Waals surface area contributed by atoms with E-state index in [0.717, 1.165) is 0 Å². The maximum absolute atomic E-state index is 14.8. The van der Waals surface area contributed by atoms with Crippen LogP contribution in [0.2, 0.25) is 0 Å². The molecule has 1 atom stereocenters. The van der Waals surface area contributed by atoms with Crippen molar-refractivity contribution in [2.24, 2.45) is 0 Å². The van der Waals surface area contributed by atoms with Crippen LogP contribution >= 0.6 is 22.9 Å². The fraction of sp³-hybridized carbons (Fsp3) is 0.500. The first-order chi connectivity index (χ1) is 10.6. The van der Waals surface area contributed by atoms with Crippen molar-refractivity contribution in [1.82, 2.24) is 14.3 Å². The lowest BCUT2D eigenvalue weighted by Crippen LogP contribution is -2.41. The van der Waals surface area contributed by atoms with Gasteiger partial charge in [0.15, 0.2) is 11.0 Å². The van der Waals surface area contributed by atoms with Gasteiger partial charge in [0.25, 0.3) is 5.91 Å². The molecule has 1 unspecified atom stereocenters. The summed E-state index contributed by atoms with van der Waals surface area (Å²) in [6.45, 7) is 0.699. The van der Waals surface area contributed by atoms with E-state index in [9.17, 15) is 9.18 Å². The van der Waals surface area contributed by atoms with Gasteiger partial charge in [0.2, 0.25) is 10.8 Å². The SMILES string of the molecule is COCc1nsc(N2CCC(F)(C(=O)Nc3nccs3)C2)n1. The minimum absolute atomic E-state index is 0.0359. The van der Waals surface area contributed by atoms with Crippen molar-refractivity contribution >= 4 is 39.0 Å². The number of hydrogen-bond donors (Lipinski definition) is 1. The zero-order valence-corrected chi connectivity index (χ0v) is 13.4. The molecule has 1 N–H and O–H groups in total. The Balaban J connectivity index is 1.65. The Labute approximate surface area is 134 Å². The molecule has 118 valence electrons. The topological polar surface area (TPSA) is 80.2 Å². The van der Waals surface area contributed by atoms with Crippen molar-refractivity contribution in [3.8, 4) is 0 Å². The van der Waals surface area contributed by atoms with Gasteiger partial charge in [0.1, 0.15) is 6.61 Å². The van der Waals surface area contributed by atoms with Crippen molar-refractivity contribution in [3.63, 3.8) is 0 Å². The average molecular weight is 343 g/mol. The summed E-state index contributed by atoms with van der Waals surface area (Å²) >= 11 is 2.44. The van der Waals surface area contributed by atoms with Crippen LogP contribution in [0.25, 0.3) is 0 Å². The highest BCUT2D eigenvalue weighted by atomic mass is 32.1. The number of carbonyl (C=O) groups excluding carboxylic acids is 1. The van der Waals surface area contributed by atoms with E-state index in [2.05, 4.69) is 19.7 Å². The first-order valence-electron chi connectivity index (χ1n) is 6.57. The molecule has 10 heteroatoms. The van der Waals surface area contributed by atoms with Crippen molar-refractivity contribution in [3.05, 3.63) is 17.4 Å². The average Bonchev–Trinajstić information content (AvgIpc) is 3.20. The predicted octanol–water partition coefficient (Wildman–Crippen LogP) is 1.70. The van der Waals surface area contributed by atoms with Crippen LogP contribution in [0.1, 0.15) is 12.2 Å². The van der Waals surface area contributed by atoms with E-state index in [0.29, 0.717) is 29.2 Å². The van der Waals surface area contributed by atoms with E-state index >= 15 is 0 Å². The van der Waals surface area contributed by atoms with Crippen molar-refractivity contribution in [2.45, 2.75) is 18.7 Å². The Hall–Kier alpha value is -1.65. The Morgan fingerprint density at radius 2 is 2.50 bits per heavy atom. The molecule has 0 spiro atoms. The quantitative estimate of drug-likeness (QED) is 0.890. The second-order valence-corrected chi connectivity index (χ2v) is 6.48. The van der Waals surface area contributed by atoms with Gasteiger partial charge in [-0.15, -0.1) is 11.3 Å². The lowest BCUT2D eigenvalue weighted by atomic mass is 10.1. The molecular weight excluding hydrogens is 329 g/mol. The summed E-state index contributed by atoms with van der Waals surface area (Å²) in [5.74, 6) is -0.0994. The number of ether oxygens (including phenoxy) is 1. The second-order valence-electron chi connectivity index (χ2n) is 4.85. The molecule has 2 aromatic rings. The molecule has 1 amide bonds. The molecule has 0 radical (unpaired) electrons. The largest absolute Gasteiger partial charge is 0.377 e. The van der Waals surface area contributed by atoms with Gasteiger partial charge in [-0.05, 0) is 0 Å². The summed E-state index contributed by atoms with van der Waals surface area (Å²) in [5.41, 5.74) is -1.95. The Bertz CT molecular complexity index is 650. The van der Waals surface area contributed by atoms with Crippen LogP contribution in [0.15, 0.2) is 11.6 Å². The molecule has 2 aromatic heterocycles. The third kappa shape index (κ3) is 3.08. The molecule has 0 aliphatic carbocycles. The molecule has 0 aromatic carbocycles. The molecule has 1 fully saturated rings. The minimum atomic E-state index is -1.95. The van der Waals surface area contributed by atoms with Crippen LogP contribution in [0.4, 0.5) is 14.7 Å². The number of aromatic nitrogens is 3. The zero-order chi connectivity index (χ0) is 15.6. The van der Waals surface area contributed by atoms with Gasteiger partial charge >= 0.3 is 0 Å². The van der Waals surface area contributed by atoms with Crippen LogP contribution in [-0.2, 0) is 16.1 Å². The van der Waals surface area contributed by atoms with Gasteiger partial charge in [-0.2, -0.15) is 4.37 Å². The molecule has 7 nitrogen and oxygen atoms in total. The van der Waals surface area contributed by atoms with Crippen LogP contribution in [0, 0.1) is 0 Å². The summed E-state index contributed by atoms with van der Waals surface area (Å²) in [6.07, 6.45) is 1.67. The third-order valence-corrected chi connectivity index (χ3v) is 4.78. The lowest BCUT2D eigenvalue weighted by molar-refractivity contribution is -0.126. The number of thiazole rings is 1. The number of alkyl halides is 1. The van der Waals surface area contributed by atoms with E-state index in [-0.39, 0.29) is 13.0 Å². The highest BCUT2D eigenvalue weighted by molar-refractivity contribution is 7.13. The number of anilines is 2. The van der Waals surface area contributed by atoms with E-state index in [4.69, 9.17) is 4.74 Å². The maximum atomic E-state index is 14.8. The van der Waals surface area contributed by atoms with Gasteiger partial charge in [0.05, 0.1) is 6.54 Å². The third-order valence-electron chi connectivity index (χ3n) is 3.28. The van der Waals surface area contributed by atoms with E-state index in [1.54, 1.807) is 23.6 Å². The smallest absolute Gasteiger partial charge is 0.265 e. The summed E-state index contributed by atoms with van der Waals surface area (Å²) in [7, 11) is 1.56. The van der Waals surface area contributed by atoms with E-state index in [1.165, 1.54) is 22.9 Å². The van der Waals surface area contributed by atoms with E-state index in [1.807, 2.05) is 0 Å². The lowest BCUT2D eigenvalue weighted by Gasteiger charge is -2.18. The van der Waals surface area contributed by atoms with Gasteiger partial charge in [-0.3, -0.25) is 10.1 Å². The molecule has 1 saturated heterocycles. The molecule has 3 heterocycles. The van der Waals surface area contributed by atoms with Crippen LogP contribution in [0.5, 0.6) is 0 Å². The Kier molecular flexibility index (Phi) is 4.32. The maximum Gasteiger partial charge on any atom is 0.265 e. The predicted molar refractivity (Wildman–Crippen MR) is 82.0 cm³/mol. The molecule has 3 rings (SSSR count). The van der Waals surface area contributed by atoms with Crippen molar-refractivity contribution in [2.75, 3.05) is 30.4 Å². The fourth-order valence-corrected chi connectivity index (χ4v) is 3.40. The first-order valence-corrected chi connectivity index (χ1v) is 8.22. The second kappa shape index (κ2) is 6.23. The zero-order valence-electron chi connectivity index (χ0n) is 11.8. The number of nitrogens with one attached hydrogen (secondary N) is 1. The number of hydrogen-bond acceptors (Lipinski definition) is 8. The van der Waals surface area contributed by atoms with Crippen LogP contribution in [0.3, 0.4) is 0 Å². The molecule has 22 heavy (non-hydrogen) atoms. The molecule has 0 saturated carbocycles. The fourth-order valence-electron chi connectivity index (χ4n) is 2.18. The molecular formula is C12H14FN5O2S2. The van der Waals surface area contributed by atoms with Crippen LogP contribution < -0.4 is 10.2 Å². The van der Waals surface area contributed by atoms with Crippen molar-refractivity contribution in [1.29, 1.82) is 0 Å². The van der Waals surface area contributed by atoms with Gasteiger partial charge < -0.3 is 9.64 Å². The number of halogens is 1. The van der Waals surface area contributed by atoms with Gasteiger partial charge in [0, 0.05) is 43.2 Å². The Morgan fingerprint density at radius 1 is 1.64 bits per heavy atom. The number of methoxy groups -OCH3 is 1. The van der Waals surface area contributed by atoms with Gasteiger partial charge in [-0.25, -0.2) is 14.4 Å². The molecule has 0 bridgehead atoms. The number of nitrogens with zero attached hydrogens (tertiary/aromatic N) is 4. The normalized spacial score (nSPS) is 21.3. The monoisotopic (exact) mass is 343 g/mol. The standard InChI is InChI=1S/C12H14FN5O2S2/c1-20-6-8-15-11(22-17-8)18-4-2-12(13,7-18)9(19)16-10-14-3-5-21-10/h3,5H,2,4,6-7H2,1H3,(H,14,16,19). The highest BCUT2D eigenvalue weighted by Crippen LogP contribution is 2.32. The van der Waals surface area contributed by atoms with Crippen LogP contribution in [-0.4, -0.2) is 46.1 Å². The summed E-state index contributed by atoms with van der Waals surface area (Å²) in [5, 5.41) is 5.25. The van der Waals surface area contributed by atoms with Crippen molar-refractivity contribution < 1.29 is 13.9 Å². The number of rotatable bonds is 5. The summed E-state index contributed by atoms with van der Waals surface area (Å²) in [4.78, 5) is 22.1. The summed E-state index contributed by atoms with van der Waals surface area (Å²) in [6, 6.07) is 0. The van der Waals surface area contributed by atoms with Gasteiger partial charge in [-0.1, -0.05) is 0 Å².